The SMILES string of the molecule is O=[Si]([O-])F.O=[Si]([O-])F.O=[Si]([O-])F.[Fe+3]. The first-order valence-electron chi connectivity index (χ1n) is 1.79. The smallest absolute Gasteiger partial charge is 0.560 e. The average Bonchev–Trinajstić information content (AvgIpc) is 1.54. The Hall–Kier alpha value is -0.240. The van der Waals surface area contributed by atoms with Crippen molar-refractivity contribution in [3.8, 4) is 0 Å². The Morgan fingerprint density at radius 3 is 0.692 bits per heavy atom. The second kappa shape index (κ2) is 17.7. The summed E-state index contributed by atoms with van der Waals surface area (Å²) in [6, 6.07) is 0. The molecule has 1 radical (unpaired) electrons. The molecule has 13 heteroatoms. The zero-order valence-electron chi connectivity index (χ0n) is 5.44. The quantitative estimate of drug-likeness (QED) is 0.333. The Balaban J connectivity index is -0.0000000450. The Morgan fingerprint density at radius 1 is 0.692 bits per heavy atom. The van der Waals surface area contributed by atoms with Crippen LogP contribution in [-0.2, 0) is 30.5 Å². The molecule has 0 saturated heterocycles. The molecule has 0 spiro atoms. The summed E-state index contributed by atoms with van der Waals surface area (Å²) >= 11 is 0. The minimum atomic E-state index is -3.88. The van der Waals surface area contributed by atoms with E-state index in [0.29, 0.717) is 0 Å². The maximum absolute atomic E-state index is 9.99. The van der Waals surface area contributed by atoms with Gasteiger partial charge in [-0.1, -0.05) is 0 Å². The molecule has 13 heavy (non-hydrogen) atoms. The van der Waals surface area contributed by atoms with Crippen LogP contribution in [0, 0.1) is 0 Å². The molecule has 0 bridgehead atoms. The molecule has 0 saturated carbocycles. The van der Waals surface area contributed by atoms with Crippen LogP contribution in [0.1, 0.15) is 0 Å². The van der Waals surface area contributed by atoms with E-state index in [2.05, 4.69) is 0 Å². The first-order valence-corrected chi connectivity index (χ1v) is 5.38. The monoisotopic (exact) mass is 293 g/mol. The van der Waals surface area contributed by atoms with E-state index >= 15 is 0 Å². The summed E-state index contributed by atoms with van der Waals surface area (Å²) in [6.45, 7) is 0. The third-order valence-electron chi connectivity index (χ3n) is 0. The van der Waals surface area contributed by atoms with E-state index in [9.17, 15) is 12.3 Å². The summed E-state index contributed by atoms with van der Waals surface area (Å²) in [7, 11) is -11.6. The van der Waals surface area contributed by atoms with Crippen LogP contribution >= 0.6 is 0 Å². The van der Waals surface area contributed by atoms with Gasteiger partial charge in [0, 0.05) is 0 Å². The van der Waals surface area contributed by atoms with E-state index < -0.39 is 27.8 Å². The van der Waals surface area contributed by atoms with Gasteiger partial charge in [-0.3, -0.25) is 12.3 Å². The van der Waals surface area contributed by atoms with Gasteiger partial charge in [-0.15, -0.1) is 0 Å². The molecule has 0 N–H and O–H groups in total. The molecule has 0 heterocycles. The van der Waals surface area contributed by atoms with Crippen molar-refractivity contribution in [3.05, 3.63) is 0 Å². The van der Waals surface area contributed by atoms with Crippen molar-refractivity contribution < 1.29 is 57.2 Å². The molecule has 0 aromatic carbocycles. The van der Waals surface area contributed by atoms with Crippen LogP contribution in [-0.4, -0.2) is 27.8 Å². The normalized spacial score (nSPS) is 5.77. The molecular formula is F3FeO6Si3. The van der Waals surface area contributed by atoms with Crippen molar-refractivity contribution >= 4 is 27.8 Å². The summed E-state index contributed by atoms with van der Waals surface area (Å²) in [5.41, 5.74) is 0. The summed E-state index contributed by atoms with van der Waals surface area (Å²) in [4.78, 5) is 25.2. The van der Waals surface area contributed by atoms with Crippen LogP contribution in [0.4, 0.5) is 12.3 Å². The molecule has 0 fully saturated rings. The largest absolute Gasteiger partial charge is 3.00 e. The maximum atomic E-state index is 9.99. The van der Waals surface area contributed by atoms with Gasteiger partial charge in [0.1, 0.15) is 0 Å². The summed E-state index contributed by atoms with van der Waals surface area (Å²) in [6.07, 6.45) is 0. The van der Waals surface area contributed by atoms with Gasteiger partial charge in [0.25, 0.3) is 0 Å². The summed E-state index contributed by atoms with van der Waals surface area (Å²) in [5.74, 6) is 0. The fraction of sp³-hybridized carbons (Fsp3) is 0. The second-order valence-electron chi connectivity index (χ2n) is 0.713. The topological polar surface area (TPSA) is 120 Å². The van der Waals surface area contributed by atoms with Gasteiger partial charge in [0.05, 0.1) is 0 Å². The van der Waals surface area contributed by atoms with Crippen molar-refractivity contribution in [1.82, 2.24) is 0 Å². The van der Waals surface area contributed by atoms with Crippen LogP contribution in [0.2, 0.25) is 0 Å². The summed E-state index contributed by atoms with van der Waals surface area (Å²) in [5, 5.41) is 0. The number of halogens is 3. The van der Waals surface area contributed by atoms with Crippen LogP contribution in [0.5, 0.6) is 0 Å². The van der Waals surface area contributed by atoms with E-state index in [1.54, 1.807) is 0 Å². The van der Waals surface area contributed by atoms with Crippen molar-refractivity contribution in [2.45, 2.75) is 0 Å². The molecule has 0 unspecified atom stereocenters. The fourth-order valence-electron chi connectivity index (χ4n) is 0. The van der Waals surface area contributed by atoms with Crippen LogP contribution in [0.25, 0.3) is 0 Å². The zero-order chi connectivity index (χ0) is 10.7. The molecule has 0 rings (SSSR count). The minimum absolute atomic E-state index is 0. The average molecular weight is 293 g/mol. The number of hydrogen-bond donors (Lipinski definition) is 0. The molecule has 0 aromatic rings. The number of rotatable bonds is 0. The van der Waals surface area contributed by atoms with Gasteiger partial charge in [-0.05, 0) is 0 Å². The van der Waals surface area contributed by atoms with E-state index in [4.69, 9.17) is 27.8 Å². The van der Waals surface area contributed by atoms with E-state index in [1.165, 1.54) is 0 Å². The minimum Gasteiger partial charge on any atom is -0.560 e. The molecule has 0 aliphatic rings. The Labute approximate surface area is 85.4 Å². The van der Waals surface area contributed by atoms with Crippen LogP contribution in [0.15, 0.2) is 0 Å². The van der Waals surface area contributed by atoms with Crippen LogP contribution < -0.4 is 14.4 Å². The number of hydrogen-bond acceptors (Lipinski definition) is 6. The molecular weight excluding hydrogens is 293 g/mol. The Morgan fingerprint density at radius 2 is 0.692 bits per heavy atom. The molecule has 0 aliphatic heterocycles. The molecule has 77 valence electrons. The third kappa shape index (κ3) is 19500. The Bertz CT molecular complexity index is 121. The molecule has 0 aromatic heterocycles. The second-order valence-corrected chi connectivity index (χ2v) is 2.14. The molecule has 0 atom stereocenters. The standard InChI is InChI=1S/3FO2Si.Fe/c3*1-4(2)3;/q3*-1;+3. The van der Waals surface area contributed by atoms with E-state index in [-0.39, 0.29) is 17.1 Å². The van der Waals surface area contributed by atoms with Gasteiger partial charge in [0.2, 0.25) is 0 Å². The van der Waals surface area contributed by atoms with Crippen LogP contribution in [0.3, 0.4) is 0 Å². The molecule has 0 amide bonds. The van der Waals surface area contributed by atoms with Crippen molar-refractivity contribution in [3.63, 3.8) is 0 Å². The molecule has 0 aliphatic carbocycles. The van der Waals surface area contributed by atoms with Gasteiger partial charge < -0.3 is 27.8 Å². The summed E-state index contributed by atoms with van der Waals surface area (Å²) < 4.78 is 55.2. The fourth-order valence-corrected chi connectivity index (χ4v) is 0. The predicted molar refractivity (Wildman–Crippen MR) is 22.6 cm³/mol. The van der Waals surface area contributed by atoms with Gasteiger partial charge in [-0.2, -0.15) is 0 Å². The van der Waals surface area contributed by atoms with Gasteiger partial charge >= 0.3 is 44.9 Å². The van der Waals surface area contributed by atoms with Gasteiger partial charge in [0.15, 0.2) is 0 Å². The predicted octanol–water partition coefficient (Wildman–Crippen LogP) is -3.81. The van der Waals surface area contributed by atoms with Crippen molar-refractivity contribution in [2.24, 2.45) is 0 Å². The third-order valence-corrected chi connectivity index (χ3v) is 0. The zero-order valence-corrected chi connectivity index (χ0v) is 9.54. The molecule has 6 nitrogen and oxygen atoms in total. The Kier molecular flexibility index (Phi) is 31.4. The maximum Gasteiger partial charge on any atom is 3.00 e. The van der Waals surface area contributed by atoms with Gasteiger partial charge in [-0.25, -0.2) is 0 Å². The first kappa shape index (κ1) is 23.0. The van der Waals surface area contributed by atoms with E-state index in [1.807, 2.05) is 0 Å². The first-order chi connectivity index (χ1) is 5.20. The van der Waals surface area contributed by atoms with Crippen molar-refractivity contribution in [1.29, 1.82) is 0 Å². The van der Waals surface area contributed by atoms with E-state index in [0.717, 1.165) is 0 Å². The van der Waals surface area contributed by atoms with Crippen molar-refractivity contribution in [2.75, 3.05) is 0 Å².